The van der Waals surface area contributed by atoms with Crippen LogP contribution in [0.3, 0.4) is 0 Å². The van der Waals surface area contributed by atoms with Gasteiger partial charge in [-0.2, -0.15) is 0 Å². The van der Waals surface area contributed by atoms with Gasteiger partial charge in [-0.3, -0.25) is 9.88 Å². The molecule has 0 amide bonds. The van der Waals surface area contributed by atoms with Crippen molar-refractivity contribution in [3.8, 4) is 5.75 Å². The molecule has 21 heavy (non-hydrogen) atoms. The van der Waals surface area contributed by atoms with Crippen LogP contribution in [-0.4, -0.2) is 42.7 Å². The number of aromatic nitrogens is 1. The molecular weight excluding hydrogens is 262 g/mol. The zero-order valence-corrected chi connectivity index (χ0v) is 13.5. The van der Waals surface area contributed by atoms with Crippen molar-refractivity contribution in [2.24, 2.45) is 5.92 Å². The van der Waals surface area contributed by atoms with Gasteiger partial charge >= 0.3 is 0 Å². The summed E-state index contributed by atoms with van der Waals surface area (Å²) in [4.78, 5) is 7.21. The Morgan fingerprint density at radius 1 is 1.38 bits per heavy atom. The van der Waals surface area contributed by atoms with Crippen molar-refractivity contribution in [1.82, 2.24) is 15.2 Å². The number of pyridine rings is 1. The smallest absolute Gasteiger partial charge is 0.128 e. The molecule has 0 aliphatic carbocycles. The summed E-state index contributed by atoms with van der Waals surface area (Å²) in [6.07, 6.45) is 5.91. The Hall–Kier alpha value is -1.13. The van der Waals surface area contributed by atoms with Gasteiger partial charge in [-0.25, -0.2) is 0 Å². The molecule has 4 nitrogen and oxygen atoms in total. The molecule has 3 heterocycles. The Bertz CT molecular complexity index is 503. The molecule has 116 valence electrons. The molecule has 2 fully saturated rings. The third-order valence-electron chi connectivity index (χ3n) is 5.10. The number of aryl methyl sites for hydroxylation is 1. The molecule has 1 aromatic rings. The first-order valence-corrected chi connectivity index (χ1v) is 8.14. The summed E-state index contributed by atoms with van der Waals surface area (Å²) in [5.41, 5.74) is 3.48. The van der Waals surface area contributed by atoms with Crippen LogP contribution < -0.4 is 10.1 Å². The highest BCUT2D eigenvalue weighted by Gasteiger charge is 2.31. The first-order valence-electron chi connectivity index (χ1n) is 8.14. The Labute approximate surface area is 127 Å². The van der Waals surface area contributed by atoms with Crippen molar-refractivity contribution in [1.29, 1.82) is 0 Å². The van der Waals surface area contributed by atoms with Crippen LogP contribution in [0, 0.1) is 19.8 Å². The second-order valence-electron chi connectivity index (χ2n) is 6.53. The molecule has 2 unspecified atom stereocenters. The number of likely N-dealkylation sites (tertiary alicyclic amines) is 1. The van der Waals surface area contributed by atoms with Gasteiger partial charge < -0.3 is 10.1 Å². The molecule has 0 radical (unpaired) electrons. The van der Waals surface area contributed by atoms with Crippen molar-refractivity contribution in [2.75, 3.05) is 26.7 Å². The fourth-order valence-electron chi connectivity index (χ4n) is 3.91. The molecular formula is C17H27N3O. The molecule has 0 aromatic carbocycles. The van der Waals surface area contributed by atoms with E-state index in [1.54, 1.807) is 7.11 Å². The molecule has 3 rings (SSSR count). The van der Waals surface area contributed by atoms with Gasteiger partial charge in [0.05, 0.1) is 12.8 Å². The first-order chi connectivity index (χ1) is 10.2. The van der Waals surface area contributed by atoms with Gasteiger partial charge in [-0.1, -0.05) is 0 Å². The minimum Gasteiger partial charge on any atom is -0.496 e. The van der Waals surface area contributed by atoms with Gasteiger partial charge in [-0.05, 0) is 45.6 Å². The van der Waals surface area contributed by atoms with Crippen LogP contribution in [-0.2, 0) is 6.54 Å². The standard InChI is InChI=1S/C17H27N3O/c1-12-9-19-16(13(2)17(12)21-3)11-20-8-6-15-14(10-20)5-4-7-18-15/h9,14-15,18H,4-8,10-11H2,1-3H3. The highest BCUT2D eigenvalue weighted by molar-refractivity contribution is 5.41. The fourth-order valence-corrected chi connectivity index (χ4v) is 3.91. The number of ether oxygens (including phenoxy) is 1. The SMILES string of the molecule is COc1c(C)cnc(CN2CCC3NCCCC3C2)c1C. The van der Waals surface area contributed by atoms with E-state index in [2.05, 4.69) is 29.0 Å². The van der Waals surface area contributed by atoms with Crippen LogP contribution in [0.15, 0.2) is 6.20 Å². The normalized spacial score (nSPS) is 26.4. The van der Waals surface area contributed by atoms with Crippen molar-refractivity contribution in [2.45, 2.75) is 45.7 Å². The van der Waals surface area contributed by atoms with Crippen molar-refractivity contribution >= 4 is 0 Å². The van der Waals surface area contributed by atoms with Crippen LogP contribution in [0.4, 0.5) is 0 Å². The highest BCUT2D eigenvalue weighted by Crippen LogP contribution is 2.28. The van der Waals surface area contributed by atoms with E-state index in [-0.39, 0.29) is 0 Å². The molecule has 2 atom stereocenters. The van der Waals surface area contributed by atoms with Gasteiger partial charge in [-0.15, -0.1) is 0 Å². The molecule has 2 aliphatic heterocycles. The molecule has 1 N–H and O–H groups in total. The van der Waals surface area contributed by atoms with Gasteiger partial charge in [0.1, 0.15) is 5.75 Å². The van der Waals surface area contributed by atoms with Gasteiger partial charge in [0.15, 0.2) is 0 Å². The zero-order chi connectivity index (χ0) is 14.8. The maximum Gasteiger partial charge on any atom is 0.128 e. The summed E-state index contributed by atoms with van der Waals surface area (Å²) in [5, 5.41) is 3.68. The van der Waals surface area contributed by atoms with Gasteiger partial charge in [0.25, 0.3) is 0 Å². The Morgan fingerprint density at radius 2 is 2.24 bits per heavy atom. The quantitative estimate of drug-likeness (QED) is 0.926. The Morgan fingerprint density at radius 3 is 3.05 bits per heavy atom. The Balaban J connectivity index is 1.69. The van der Waals surface area contributed by atoms with E-state index in [0.717, 1.165) is 29.8 Å². The third-order valence-corrected chi connectivity index (χ3v) is 5.10. The van der Waals surface area contributed by atoms with Crippen LogP contribution in [0.25, 0.3) is 0 Å². The fraction of sp³-hybridized carbons (Fsp3) is 0.706. The monoisotopic (exact) mass is 289 g/mol. The summed E-state index contributed by atoms with van der Waals surface area (Å²) in [7, 11) is 1.75. The predicted molar refractivity (Wildman–Crippen MR) is 84.7 cm³/mol. The van der Waals surface area contributed by atoms with Crippen molar-refractivity contribution in [3.05, 3.63) is 23.0 Å². The number of fused-ring (bicyclic) bond motifs is 1. The van der Waals surface area contributed by atoms with Gasteiger partial charge in [0, 0.05) is 43.0 Å². The summed E-state index contributed by atoms with van der Waals surface area (Å²) < 4.78 is 5.52. The molecule has 2 aliphatic rings. The molecule has 0 spiro atoms. The number of nitrogens with zero attached hydrogens (tertiary/aromatic N) is 2. The van der Waals surface area contributed by atoms with E-state index < -0.39 is 0 Å². The van der Waals surface area contributed by atoms with Crippen LogP contribution in [0.2, 0.25) is 0 Å². The van der Waals surface area contributed by atoms with Crippen molar-refractivity contribution in [3.63, 3.8) is 0 Å². The lowest BCUT2D eigenvalue weighted by Gasteiger charge is -2.41. The van der Waals surface area contributed by atoms with E-state index in [0.29, 0.717) is 0 Å². The van der Waals surface area contributed by atoms with Gasteiger partial charge in [0.2, 0.25) is 0 Å². The number of piperidine rings is 2. The van der Waals surface area contributed by atoms with E-state index >= 15 is 0 Å². The highest BCUT2D eigenvalue weighted by atomic mass is 16.5. The number of methoxy groups -OCH3 is 1. The van der Waals surface area contributed by atoms with Crippen molar-refractivity contribution < 1.29 is 4.74 Å². The summed E-state index contributed by atoms with van der Waals surface area (Å²) in [6, 6.07) is 0.747. The lowest BCUT2D eigenvalue weighted by atomic mass is 9.85. The lowest BCUT2D eigenvalue weighted by Crippen LogP contribution is -2.51. The minimum atomic E-state index is 0.747. The average molecular weight is 289 g/mol. The number of rotatable bonds is 3. The summed E-state index contributed by atoms with van der Waals surface area (Å²) in [6.45, 7) is 8.72. The number of hydrogen-bond donors (Lipinski definition) is 1. The van der Waals surface area contributed by atoms with E-state index in [9.17, 15) is 0 Å². The number of nitrogens with one attached hydrogen (secondary N) is 1. The maximum absolute atomic E-state index is 5.52. The molecule has 4 heteroatoms. The van der Waals surface area contributed by atoms with E-state index in [1.807, 2.05) is 6.20 Å². The largest absolute Gasteiger partial charge is 0.496 e. The second-order valence-corrected chi connectivity index (χ2v) is 6.53. The first kappa shape index (κ1) is 14.8. The van der Waals surface area contributed by atoms with Crippen LogP contribution in [0.5, 0.6) is 5.75 Å². The molecule has 0 bridgehead atoms. The third kappa shape index (κ3) is 3.06. The molecule has 0 saturated carbocycles. The summed E-state index contributed by atoms with van der Waals surface area (Å²) >= 11 is 0. The maximum atomic E-state index is 5.52. The zero-order valence-electron chi connectivity index (χ0n) is 13.5. The lowest BCUT2D eigenvalue weighted by molar-refractivity contribution is 0.107. The Kier molecular flexibility index (Phi) is 4.45. The topological polar surface area (TPSA) is 37.4 Å². The van der Waals surface area contributed by atoms with Crippen LogP contribution >= 0.6 is 0 Å². The second kappa shape index (κ2) is 6.32. The van der Waals surface area contributed by atoms with E-state index in [1.165, 1.54) is 50.2 Å². The molecule has 1 aromatic heterocycles. The number of hydrogen-bond acceptors (Lipinski definition) is 4. The average Bonchev–Trinajstić information content (AvgIpc) is 2.50. The van der Waals surface area contributed by atoms with Crippen LogP contribution in [0.1, 0.15) is 36.1 Å². The minimum absolute atomic E-state index is 0.747. The van der Waals surface area contributed by atoms with E-state index in [4.69, 9.17) is 4.74 Å². The predicted octanol–water partition coefficient (Wildman–Crippen LogP) is 2.28. The molecule has 2 saturated heterocycles. The summed E-state index contributed by atoms with van der Waals surface area (Å²) in [5.74, 6) is 1.81.